The van der Waals surface area contributed by atoms with Gasteiger partial charge in [0.2, 0.25) is 0 Å². The summed E-state index contributed by atoms with van der Waals surface area (Å²) in [5, 5.41) is 3.78. The maximum atomic E-state index is 3.92. The Bertz CT molecular complexity index is 232. The topological polar surface area (TPSA) is 12.0 Å². The van der Waals surface area contributed by atoms with Gasteiger partial charge in [0.25, 0.3) is 0 Å². The van der Waals surface area contributed by atoms with Crippen LogP contribution in [-0.2, 0) is 0 Å². The molecular formula is C16H31N. The molecule has 1 aliphatic rings. The number of nitrogens with one attached hydrogen (secondary N) is 1. The van der Waals surface area contributed by atoms with Gasteiger partial charge in [-0.2, -0.15) is 0 Å². The van der Waals surface area contributed by atoms with Crippen molar-refractivity contribution < 1.29 is 0 Å². The van der Waals surface area contributed by atoms with Crippen molar-refractivity contribution >= 4 is 0 Å². The van der Waals surface area contributed by atoms with Gasteiger partial charge < -0.3 is 5.32 Å². The molecule has 0 aromatic heterocycles. The maximum Gasteiger partial charge on any atom is 0.0103 e. The highest BCUT2D eigenvalue weighted by Gasteiger charge is 2.37. The minimum atomic E-state index is 0.396. The van der Waals surface area contributed by atoms with Crippen LogP contribution in [0.1, 0.15) is 59.8 Å². The van der Waals surface area contributed by atoms with E-state index in [1.165, 1.54) is 25.7 Å². The molecule has 1 heteroatoms. The fourth-order valence-corrected chi connectivity index (χ4v) is 3.39. The molecule has 1 aliphatic carbocycles. The van der Waals surface area contributed by atoms with Crippen LogP contribution in [-0.4, -0.2) is 12.6 Å². The molecule has 0 heterocycles. The summed E-state index contributed by atoms with van der Waals surface area (Å²) in [6, 6.07) is 0.716. The minimum absolute atomic E-state index is 0.396. The van der Waals surface area contributed by atoms with Gasteiger partial charge in [-0.25, -0.2) is 0 Å². The van der Waals surface area contributed by atoms with Crippen LogP contribution in [0, 0.1) is 17.3 Å². The molecule has 1 rings (SSSR count). The highest BCUT2D eigenvalue weighted by Crippen LogP contribution is 2.42. The molecule has 1 nitrogen and oxygen atoms in total. The van der Waals surface area contributed by atoms with Crippen LogP contribution in [0.2, 0.25) is 0 Å². The van der Waals surface area contributed by atoms with E-state index in [9.17, 15) is 0 Å². The van der Waals surface area contributed by atoms with E-state index in [0.717, 1.165) is 24.8 Å². The average Bonchev–Trinajstić information content (AvgIpc) is 2.26. The van der Waals surface area contributed by atoms with Gasteiger partial charge in [0, 0.05) is 6.04 Å². The van der Waals surface area contributed by atoms with E-state index in [0.29, 0.717) is 11.5 Å². The zero-order valence-corrected chi connectivity index (χ0v) is 12.3. The van der Waals surface area contributed by atoms with Crippen molar-refractivity contribution in [2.75, 3.05) is 6.54 Å². The van der Waals surface area contributed by atoms with E-state index in [2.05, 4.69) is 45.7 Å². The van der Waals surface area contributed by atoms with Gasteiger partial charge in [0.15, 0.2) is 0 Å². The third kappa shape index (κ3) is 4.13. The first-order chi connectivity index (χ1) is 8.01. The monoisotopic (exact) mass is 237 g/mol. The maximum absolute atomic E-state index is 3.92. The summed E-state index contributed by atoms with van der Waals surface area (Å²) in [5.41, 5.74) is 0.396. The minimum Gasteiger partial charge on any atom is -0.314 e. The Morgan fingerprint density at radius 3 is 2.65 bits per heavy atom. The second-order valence-corrected chi connectivity index (χ2v) is 6.57. The highest BCUT2D eigenvalue weighted by molar-refractivity contribution is 4.94. The van der Waals surface area contributed by atoms with Crippen molar-refractivity contribution in [1.29, 1.82) is 0 Å². The molecule has 1 N–H and O–H groups in total. The van der Waals surface area contributed by atoms with E-state index < -0.39 is 0 Å². The Hall–Kier alpha value is -0.300. The van der Waals surface area contributed by atoms with Gasteiger partial charge in [-0.3, -0.25) is 0 Å². The molecular weight excluding hydrogens is 206 g/mol. The van der Waals surface area contributed by atoms with Crippen LogP contribution < -0.4 is 5.32 Å². The van der Waals surface area contributed by atoms with Crippen LogP contribution in [0.4, 0.5) is 0 Å². The first-order valence-electron chi connectivity index (χ1n) is 7.35. The summed E-state index contributed by atoms with van der Waals surface area (Å²) < 4.78 is 0. The molecule has 3 unspecified atom stereocenters. The fourth-order valence-electron chi connectivity index (χ4n) is 3.39. The lowest BCUT2D eigenvalue weighted by atomic mass is 9.65. The van der Waals surface area contributed by atoms with E-state index in [1.54, 1.807) is 0 Å². The van der Waals surface area contributed by atoms with Crippen LogP contribution in [0.5, 0.6) is 0 Å². The second kappa shape index (κ2) is 6.58. The summed E-state index contributed by atoms with van der Waals surface area (Å²) in [4.78, 5) is 0. The van der Waals surface area contributed by atoms with Crippen LogP contribution in [0.25, 0.3) is 0 Å². The number of hydrogen-bond donors (Lipinski definition) is 1. The van der Waals surface area contributed by atoms with Gasteiger partial charge >= 0.3 is 0 Å². The lowest BCUT2D eigenvalue weighted by Gasteiger charge is -2.44. The Labute approximate surface area is 108 Å². The van der Waals surface area contributed by atoms with Crippen molar-refractivity contribution in [2.24, 2.45) is 17.3 Å². The number of hydrogen-bond acceptors (Lipinski definition) is 1. The van der Waals surface area contributed by atoms with Gasteiger partial charge in [-0.1, -0.05) is 40.2 Å². The smallest absolute Gasteiger partial charge is 0.0103 e. The van der Waals surface area contributed by atoms with Gasteiger partial charge in [-0.05, 0) is 49.5 Å². The molecule has 0 aromatic carbocycles. The molecule has 100 valence electrons. The first-order valence-corrected chi connectivity index (χ1v) is 7.35. The molecule has 0 saturated heterocycles. The summed E-state index contributed by atoms with van der Waals surface area (Å²) in [6.45, 7) is 14.6. The van der Waals surface area contributed by atoms with Crippen molar-refractivity contribution in [3.8, 4) is 0 Å². The zero-order valence-electron chi connectivity index (χ0n) is 12.3. The normalized spacial score (nSPS) is 30.2. The van der Waals surface area contributed by atoms with Crippen LogP contribution in [0.3, 0.4) is 0 Å². The second-order valence-electron chi connectivity index (χ2n) is 6.57. The van der Waals surface area contributed by atoms with E-state index >= 15 is 0 Å². The lowest BCUT2D eigenvalue weighted by Crippen LogP contribution is -2.46. The van der Waals surface area contributed by atoms with Crippen LogP contribution in [0.15, 0.2) is 12.7 Å². The van der Waals surface area contributed by atoms with Crippen molar-refractivity contribution in [3.63, 3.8) is 0 Å². The summed E-state index contributed by atoms with van der Waals surface area (Å²) >= 11 is 0. The predicted molar refractivity (Wildman–Crippen MR) is 77.2 cm³/mol. The molecule has 0 radical (unpaired) electrons. The zero-order chi connectivity index (χ0) is 12.9. The molecule has 3 atom stereocenters. The predicted octanol–water partition coefficient (Wildman–Crippen LogP) is 4.39. The third-order valence-electron chi connectivity index (χ3n) is 4.44. The summed E-state index contributed by atoms with van der Waals surface area (Å²) in [7, 11) is 0. The summed E-state index contributed by atoms with van der Waals surface area (Å²) in [6.07, 6.45) is 8.59. The van der Waals surface area contributed by atoms with E-state index in [1.807, 2.05) is 0 Å². The molecule has 0 aromatic rings. The van der Waals surface area contributed by atoms with Crippen molar-refractivity contribution in [1.82, 2.24) is 5.32 Å². The molecule has 17 heavy (non-hydrogen) atoms. The Balaban J connectivity index is 2.68. The van der Waals surface area contributed by atoms with Gasteiger partial charge in [-0.15, -0.1) is 6.58 Å². The molecule has 0 aliphatic heterocycles. The quantitative estimate of drug-likeness (QED) is 0.675. The number of rotatable bonds is 6. The van der Waals surface area contributed by atoms with Gasteiger partial charge in [0.1, 0.15) is 0 Å². The standard InChI is InChI=1S/C16H31N/c1-6-10-16(4,5)14-9-8-13(3)12-15(14)17-11-7-2/h6,13-15,17H,1,7-12H2,2-5H3. The Morgan fingerprint density at radius 1 is 1.35 bits per heavy atom. The molecule has 1 fully saturated rings. The Kier molecular flexibility index (Phi) is 5.72. The van der Waals surface area contributed by atoms with E-state index in [-0.39, 0.29) is 0 Å². The molecule has 0 amide bonds. The van der Waals surface area contributed by atoms with Gasteiger partial charge in [0.05, 0.1) is 0 Å². The molecule has 0 bridgehead atoms. The first kappa shape index (κ1) is 14.8. The molecule has 0 spiro atoms. The fraction of sp³-hybridized carbons (Fsp3) is 0.875. The Morgan fingerprint density at radius 2 is 2.06 bits per heavy atom. The highest BCUT2D eigenvalue weighted by atomic mass is 14.9. The van der Waals surface area contributed by atoms with Crippen LogP contribution >= 0.6 is 0 Å². The SMILES string of the molecule is C=CCC(C)(C)C1CCC(C)CC1NCCC. The summed E-state index contributed by atoms with van der Waals surface area (Å²) in [5.74, 6) is 1.70. The molecule has 1 saturated carbocycles. The third-order valence-corrected chi connectivity index (χ3v) is 4.44. The lowest BCUT2D eigenvalue weighted by molar-refractivity contribution is 0.0963. The number of allylic oxidation sites excluding steroid dienone is 1. The van der Waals surface area contributed by atoms with Crippen molar-refractivity contribution in [3.05, 3.63) is 12.7 Å². The van der Waals surface area contributed by atoms with E-state index in [4.69, 9.17) is 0 Å². The average molecular weight is 237 g/mol. The van der Waals surface area contributed by atoms with Crippen molar-refractivity contribution in [2.45, 2.75) is 65.8 Å². The largest absolute Gasteiger partial charge is 0.314 e.